The van der Waals surface area contributed by atoms with E-state index in [1.54, 1.807) is 0 Å². The van der Waals surface area contributed by atoms with Gasteiger partial charge in [0.05, 0.1) is 11.4 Å². The van der Waals surface area contributed by atoms with Gasteiger partial charge in [-0.2, -0.15) is 0 Å². The summed E-state index contributed by atoms with van der Waals surface area (Å²) in [4.78, 5) is 4.66. The first-order valence-electron chi connectivity index (χ1n) is 5.68. The Bertz CT molecular complexity index is 414. The maximum absolute atomic E-state index is 4.66. The van der Waals surface area contributed by atoms with Crippen molar-refractivity contribution in [1.82, 2.24) is 5.32 Å². The molecule has 1 saturated carbocycles. The Balaban J connectivity index is 1.94. The van der Waals surface area contributed by atoms with Gasteiger partial charge in [0.1, 0.15) is 5.84 Å². The summed E-state index contributed by atoms with van der Waals surface area (Å²) in [7, 11) is 0. The van der Waals surface area contributed by atoms with E-state index < -0.39 is 0 Å². The van der Waals surface area contributed by atoms with E-state index in [1.807, 2.05) is 24.3 Å². The number of hydrogen-bond acceptors (Lipinski definition) is 1. The monoisotopic (exact) mass is 199 g/mol. The molecule has 1 aromatic rings. The van der Waals surface area contributed by atoms with Gasteiger partial charge in [0.15, 0.2) is 0 Å². The molecule has 1 aliphatic carbocycles. The summed E-state index contributed by atoms with van der Waals surface area (Å²) >= 11 is 0. The molecule has 1 radical (unpaired) electrons. The summed E-state index contributed by atoms with van der Waals surface area (Å²) < 4.78 is 0. The molecule has 0 saturated heterocycles. The first kappa shape index (κ1) is 8.96. The van der Waals surface area contributed by atoms with Crippen molar-refractivity contribution in [1.29, 1.82) is 0 Å². The van der Waals surface area contributed by atoms with Gasteiger partial charge in [-0.15, -0.1) is 0 Å². The van der Waals surface area contributed by atoms with E-state index in [1.165, 1.54) is 25.7 Å². The highest BCUT2D eigenvalue weighted by Crippen LogP contribution is 2.43. The fraction of sp³-hybridized carbons (Fsp3) is 0.462. The maximum Gasteiger partial charge on any atom is 0.135 e. The lowest BCUT2D eigenvalue weighted by atomic mass is 9.87. The van der Waals surface area contributed by atoms with Crippen molar-refractivity contribution in [2.45, 2.75) is 32.6 Å². The van der Waals surface area contributed by atoms with Crippen LogP contribution in [0.25, 0.3) is 0 Å². The molecular formula is C13H15N2. The van der Waals surface area contributed by atoms with Crippen LogP contribution in [0.2, 0.25) is 0 Å². The van der Waals surface area contributed by atoms with Crippen LogP contribution in [-0.4, -0.2) is 5.84 Å². The number of benzene rings is 1. The predicted octanol–water partition coefficient (Wildman–Crippen LogP) is 3.55. The van der Waals surface area contributed by atoms with Crippen LogP contribution in [0.15, 0.2) is 29.3 Å². The van der Waals surface area contributed by atoms with Gasteiger partial charge in [-0.05, 0) is 25.0 Å². The summed E-state index contributed by atoms with van der Waals surface area (Å²) in [6.07, 6.45) is 5.12. The maximum atomic E-state index is 4.66. The molecule has 2 aliphatic rings. The van der Waals surface area contributed by atoms with Crippen LogP contribution >= 0.6 is 0 Å². The molecule has 77 valence electrons. The number of fused-ring (bicyclic) bond motifs is 1. The zero-order chi connectivity index (χ0) is 10.3. The van der Waals surface area contributed by atoms with E-state index in [-0.39, 0.29) is 5.41 Å². The molecule has 2 heteroatoms. The van der Waals surface area contributed by atoms with Crippen LogP contribution in [0.1, 0.15) is 32.6 Å². The van der Waals surface area contributed by atoms with Gasteiger partial charge in [0.25, 0.3) is 0 Å². The van der Waals surface area contributed by atoms with Gasteiger partial charge in [-0.3, -0.25) is 0 Å². The molecule has 1 heterocycles. The standard InChI is InChI=1S/C13H15N2/c1-13(8-4-5-9-13)12-14-10-6-2-3-7-11(10)15-12/h2-3,6-7H,4-5,8-9H2,1H3. The molecule has 1 fully saturated rings. The first-order valence-corrected chi connectivity index (χ1v) is 5.68. The Kier molecular flexibility index (Phi) is 1.84. The number of hydrogen-bond donors (Lipinski definition) is 0. The van der Waals surface area contributed by atoms with Crippen molar-refractivity contribution in [3.05, 3.63) is 24.3 Å². The molecule has 3 rings (SSSR count). The van der Waals surface area contributed by atoms with Crippen LogP contribution in [-0.2, 0) is 0 Å². The third-order valence-electron chi connectivity index (χ3n) is 3.58. The summed E-state index contributed by atoms with van der Waals surface area (Å²) in [6, 6.07) is 8.14. The second-order valence-corrected chi connectivity index (χ2v) is 4.80. The molecule has 1 aromatic carbocycles. The normalized spacial score (nSPS) is 22.1. The zero-order valence-corrected chi connectivity index (χ0v) is 9.03. The number of nitrogens with zero attached hydrogens (tertiary/aromatic N) is 2. The summed E-state index contributed by atoms with van der Waals surface area (Å²) in [5, 5.41) is 4.66. The van der Waals surface area contributed by atoms with Gasteiger partial charge in [-0.1, -0.05) is 31.9 Å². The largest absolute Gasteiger partial charge is 0.231 e. The molecule has 0 bridgehead atoms. The predicted molar refractivity (Wildman–Crippen MR) is 61.9 cm³/mol. The number of rotatable bonds is 1. The molecule has 0 unspecified atom stereocenters. The van der Waals surface area contributed by atoms with Crippen molar-refractivity contribution in [3.63, 3.8) is 0 Å². The van der Waals surface area contributed by atoms with Crippen molar-refractivity contribution in [3.8, 4) is 0 Å². The highest BCUT2D eigenvalue weighted by Gasteiger charge is 2.37. The fourth-order valence-electron chi connectivity index (χ4n) is 2.56. The fourth-order valence-corrected chi connectivity index (χ4v) is 2.56. The van der Waals surface area contributed by atoms with E-state index in [9.17, 15) is 0 Å². The van der Waals surface area contributed by atoms with Gasteiger partial charge >= 0.3 is 0 Å². The molecule has 0 aromatic heterocycles. The molecule has 0 atom stereocenters. The Morgan fingerprint density at radius 3 is 2.40 bits per heavy atom. The minimum atomic E-state index is 0.235. The first-order chi connectivity index (χ1) is 7.28. The zero-order valence-electron chi connectivity index (χ0n) is 9.03. The number of aliphatic imine (C=N–C) groups is 1. The minimum absolute atomic E-state index is 0.235. The lowest BCUT2D eigenvalue weighted by Crippen LogP contribution is -2.28. The SMILES string of the molecule is CC1(C2=Nc3ccccc3[N]2)CCCC1. The average molecular weight is 199 g/mol. The molecule has 0 amide bonds. The molecule has 2 nitrogen and oxygen atoms in total. The number of amidine groups is 1. The third kappa shape index (κ3) is 1.36. The minimum Gasteiger partial charge on any atom is -0.231 e. The Hall–Kier alpha value is -1.31. The summed E-state index contributed by atoms with van der Waals surface area (Å²) in [5.41, 5.74) is 2.32. The van der Waals surface area contributed by atoms with E-state index in [0.29, 0.717) is 0 Å². The van der Waals surface area contributed by atoms with E-state index in [2.05, 4.69) is 17.2 Å². The third-order valence-corrected chi connectivity index (χ3v) is 3.58. The van der Waals surface area contributed by atoms with Crippen LogP contribution in [0.3, 0.4) is 0 Å². The highest BCUT2D eigenvalue weighted by molar-refractivity contribution is 5.99. The van der Waals surface area contributed by atoms with Crippen LogP contribution in [0, 0.1) is 5.41 Å². The molecule has 1 aliphatic heterocycles. The Labute approximate surface area is 90.4 Å². The second-order valence-electron chi connectivity index (χ2n) is 4.80. The topological polar surface area (TPSA) is 26.5 Å². The lowest BCUT2D eigenvalue weighted by Gasteiger charge is -2.22. The molecule has 15 heavy (non-hydrogen) atoms. The van der Waals surface area contributed by atoms with Gasteiger partial charge < -0.3 is 0 Å². The molecule has 0 spiro atoms. The van der Waals surface area contributed by atoms with Crippen molar-refractivity contribution >= 4 is 17.2 Å². The van der Waals surface area contributed by atoms with Crippen LogP contribution in [0.4, 0.5) is 11.4 Å². The van der Waals surface area contributed by atoms with Crippen LogP contribution < -0.4 is 5.32 Å². The summed E-state index contributed by atoms with van der Waals surface area (Å²) in [6.45, 7) is 2.30. The quantitative estimate of drug-likeness (QED) is 0.661. The second kappa shape index (κ2) is 3.09. The van der Waals surface area contributed by atoms with Gasteiger partial charge in [-0.25, -0.2) is 10.3 Å². The van der Waals surface area contributed by atoms with Crippen molar-refractivity contribution in [2.24, 2.45) is 10.4 Å². The lowest BCUT2D eigenvalue weighted by molar-refractivity contribution is 0.478. The van der Waals surface area contributed by atoms with Crippen LogP contribution in [0.5, 0.6) is 0 Å². The van der Waals surface area contributed by atoms with Gasteiger partial charge in [0, 0.05) is 5.41 Å². The van der Waals surface area contributed by atoms with E-state index in [4.69, 9.17) is 0 Å². The van der Waals surface area contributed by atoms with E-state index in [0.717, 1.165) is 17.2 Å². The van der Waals surface area contributed by atoms with Crippen molar-refractivity contribution < 1.29 is 0 Å². The Morgan fingerprint density at radius 2 is 1.73 bits per heavy atom. The molecular weight excluding hydrogens is 184 g/mol. The van der Waals surface area contributed by atoms with Crippen molar-refractivity contribution in [2.75, 3.05) is 0 Å². The highest BCUT2D eigenvalue weighted by atomic mass is 15.1. The smallest absolute Gasteiger partial charge is 0.135 e. The summed E-state index contributed by atoms with van der Waals surface area (Å²) in [5.74, 6) is 1.06. The average Bonchev–Trinajstić information content (AvgIpc) is 2.84. The van der Waals surface area contributed by atoms with Gasteiger partial charge in [0.2, 0.25) is 0 Å². The molecule has 0 N–H and O–H groups in total. The number of para-hydroxylation sites is 2. The Morgan fingerprint density at radius 1 is 1.07 bits per heavy atom. The van der Waals surface area contributed by atoms with E-state index >= 15 is 0 Å².